The van der Waals surface area contributed by atoms with Crippen LogP contribution in [0, 0.1) is 0 Å². The van der Waals surface area contributed by atoms with Crippen LogP contribution in [-0.4, -0.2) is 34.4 Å². The average molecular weight is 240 g/mol. The lowest BCUT2D eigenvalue weighted by Gasteiger charge is -2.06. The van der Waals surface area contributed by atoms with E-state index in [1.165, 1.54) is 0 Å². The van der Waals surface area contributed by atoms with Gasteiger partial charge in [-0.15, -0.1) is 11.8 Å². The number of hydrogen-bond acceptors (Lipinski definition) is 4. The maximum absolute atomic E-state index is 11.3. The minimum Gasteiger partial charge on any atom is -0.392 e. The Bertz CT molecular complexity index is 317. The standard InChI is InChI=1S/C11H16N2O2S/c1-9(14)6-13-11(15)8-16-7-10-2-4-12-5-3-10/h2-5,9,14H,6-8H2,1H3,(H,13,15). The molecule has 1 aromatic heterocycles. The van der Waals surface area contributed by atoms with E-state index >= 15 is 0 Å². The van der Waals surface area contributed by atoms with Crippen LogP contribution in [0.1, 0.15) is 12.5 Å². The zero-order valence-corrected chi connectivity index (χ0v) is 10.0. The number of aliphatic hydroxyl groups is 1. The molecular formula is C11H16N2O2S. The van der Waals surface area contributed by atoms with E-state index in [0.717, 1.165) is 11.3 Å². The maximum Gasteiger partial charge on any atom is 0.230 e. The number of aromatic nitrogens is 1. The highest BCUT2D eigenvalue weighted by Crippen LogP contribution is 2.10. The van der Waals surface area contributed by atoms with Crippen molar-refractivity contribution in [2.24, 2.45) is 0 Å². The first-order valence-electron chi connectivity index (χ1n) is 5.10. The number of nitrogens with one attached hydrogen (secondary N) is 1. The molecular weight excluding hydrogens is 224 g/mol. The van der Waals surface area contributed by atoms with Crippen LogP contribution in [0.15, 0.2) is 24.5 Å². The van der Waals surface area contributed by atoms with Crippen molar-refractivity contribution in [1.29, 1.82) is 0 Å². The van der Waals surface area contributed by atoms with Crippen molar-refractivity contribution in [3.8, 4) is 0 Å². The number of carbonyl (C=O) groups excluding carboxylic acids is 1. The fourth-order valence-corrected chi connectivity index (χ4v) is 1.87. The lowest BCUT2D eigenvalue weighted by molar-refractivity contribution is -0.118. The van der Waals surface area contributed by atoms with Crippen molar-refractivity contribution in [2.45, 2.75) is 18.8 Å². The van der Waals surface area contributed by atoms with Crippen molar-refractivity contribution < 1.29 is 9.90 Å². The van der Waals surface area contributed by atoms with Gasteiger partial charge in [0.1, 0.15) is 0 Å². The van der Waals surface area contributed by atoms with Crippen molar-refractivity contribution in [3.05, 3.63) is 30.1 Å². The molecule has 88 valence electrons. The Morgan fingerprint density at radius 1 is 1.56 bits per heavy atom. The van der Waals surface area contributed by atoms with Crippen LogP contribution in [0.25, 0.3) is 0 Å². The molecule has 0 saturated heterocycles. The molecule has 0 aliphatic heterocycles. The number of amides is 1. The molecule has 16 heavy (non-hydrogen) atoms. The molecule has 1 amide bonds. The van der Waals surface area contributed by atoms with E-state index in [1.807, 2.05) is 12.1 Å². The number of pyridine rings is 1. The summed E-state index contributed by atoms with van der Waals surface area (Å²) >= 11 is 1.54. The molecule has 1 atom stereocenters. The Balaban J connectivity index is 2.13. The summed E-state index contributed by atoms with van der Waals surface area (Å²) in [6.45, 7) is 1.96. The molecule has 5 heteroatoms. The molecule has 1 heterocycles. The second-order valence-corrected chi connectivity index (χ2v) is 4.49. The molecule has 4 nitrogen and oxygen atoms in total. The van der Waals surface area contributed by atoms with E-state index in [-0.39, 0.29) is 5.91 Å². The van der Waals surface area contributed by atoms with Crippen LogP contribution in [0.4, 0.5) is 0 Å². The molecule has 1 unspecified atom stereocenters. The lowest BCUT2D eigenvalue weighted by Crippen LogP contribution is -2.31. The van der Waals surface area contributed by atoms with Crippen LogP contribution in [-0.2, 0) is 10.5 Å². The van der Waals surface area contributed by atoms with Gasteiger partial charge in [0.25, 0.3) is 0 Å². The SMILES string of the molecule is CC(O)CNC(=O)CSCc1ccncc1. The first kappa shape index (κ1) is 13.0. The molecule has 0 aliphatic rings. The van der Waals surface area contributed by atoms with Gasteiger partial charge in [-0.1, -0.05) is 0 Å². The molecule has 0 radical (unpaired) electrons. The number of hydrogen-bond donors (Lipinski definition) is 2. The molecule has 0 fully saturated rings. The summed E-state index contributed by atoms with van der Waals surface area (Å²) < 4.78 is 0. The quantitative estimate of drug-likeness (QED) is 0.772. The van der Waals surface area contributed by atoms with Gasteiger partial charge in [-0.05, 0) is 24.6 Å². The number of thioether (sulfide) groups is 1. The lowest BCUT2D eigenvalue weighted by atomic mass is 10.3. The third-order valence-corrected chi connectivity index (χ3v) is 2.85. The van der Waals surface area contributed by atoms with Crippen molar-refractivity contribution >= 4 is 17.7 Å². The average Bonchev–Trinajstić information content (AvgIpc) is 2.28. The fraction of sp³-hybridized carbons (Fsp3) is 0.455. The van der Waals surface area contributed by atoms with Gasteiger partial charge >= 0.3 is 0 Å². The maximum atomic E-state index is 11.3. The number of aliphatic hydroxyl groups excluding tert-OH is 1. The number of carbonyl (C=O) groups is 1. The Morgan fingerprint density at radius 2 is 2.25 bits per heavy atom. The van der Waals surface area contributed by atoms with Crippen molar-refractivity contribution in [2.75, 3.05) is 12.3 Å². The third kappa shape index (κ3) is 5.72. The Labute approximate surface area is 99.5 Å². The first-order valence-corrected chi connectivity index (χ1v) is 6.25. The Morgan fingerprint density at radius 3 is 2.88 bits per heavy atom. The van der Waals surface area contributed by atoms with E-state index in [9.17, 15) is 4.79 Å². The van der Waals surface area contributed by atoms with Gasteiger partial charge in [0, 0.05) is 24.7 Å². The van der Waals surface area contributed by atoms with Gasteiger partial charge in [0.05, 0.1) is 11.9 Å². The van der Waals surface area contributed by atoms with Gasteiger partial charge in [-0.3, -0.25) is 9.78 Å². The van der Waals surface area contributed by atoms with Gasteiger partial charge in [0.2, 0.25) is 5.91 Å². The Hall–Kier alpha value is -1.07. The summed E-state index contributed by atoms with van der Waals surface area (Å²) in [7, 11) is 0. The minimum absolute atomic E-state index is 0.0417. The second-order valence-electron chi connectivity index (χ2n) is 3.50. The summed E-state index contributed by atoms with van der Waals surface area (Å²) in [5.41, 5.74) is 1.16. The summed E-state index contributed by atoms with van der Waals surface area (Å²) in [5, 5.41) is 11.6. The van der Waals surface area contributed by atoms with Crippen LogP contribution in [0.2, 0.25) is 0 Å². The van der Waals surface area contributed by atoms with Gasteiger partial charge in [0.15, 0.2) is 0 Å². The summed E-state index contributed by atoms with van der Waals surface area (Å²) in [6, 6.07) is 3.86. The molecule has 0 bridgehead atoms. The van der Waals surface area contributed by atoms with E-state index in [1.54, 1.807) is 31.1 Å². The normalized spacial score (nSPS) is 12.1. The van der Waals surface area contributed by atoms with E-state index in [0.29, 0.717) is 12.3 Å². The first-order chi connectivity index (χ1) is 7.68. The second kappa shape index (κ2) is 7.24. The predicted molar refractivity (Wildman–Crippen MR) is 65.1 cm³/mol. The van der Waals surface area contributed by atoms with Crippen LogP contribution < -0.4 is 5.32 Å². The topological polar surface area (TPSA) is 62.2 Å². The van der Waals surface area contributed by atoms with Gasteiger partial charge in [-0.2, -0.15) is 0 Å². The zero-order chi connectivity index (χ0) is 11.8. The molecule has 0 aliphatic carbocycles. The summed E-state index contributed by atoms with van der Waals surface area (Å²) in [5.74, 6) is 1.17. The van der Waals surface area contributed by atoms with E-state index in [2.05, 4.69) is 10.3 Å². The Kier molecular flexibility index (Phi) is 5.88. The highest BCUT2D eigenvalue weighted by atomic mass is 32.2. The minimum atomic E-state index is -0.492. The predicted octanol–water partition coefficient (Wildman–Crippen LogP) is 0.812. The largest absolute Gasteiger partial charge is 0.392 e. The van der Waals surface area contributed by atoms with Gasteiger partial charge in [-0.25, -0.2) is 0 Å². The molecule has 0 spiro atoms. The molecule has 0 saturated carbocycles. The van der Waals surface area contributed by atoms with Crippen molar-refractivity contribution in [1.82, 2.24) is 10.3 Å². The highest BCUT2D eigenvalue weighted by molar-refractivity contribution is 7.99. The van der Waals surface area contributed by atoms with Crippen LogP contribution in [0.3, 0.4) is 0 Å². The monoisotopic (exact) mass is 240 g/mol. The fourth-order valence-electron chi connectivity index (χ4n) is 1.05. The van der Waals surface area contributed by atoms with Gasteiger partial charge < -0.3 is 10.4 Å². The van der Waals surface area contributed by atoms with Crippen LogP contribution >= 0.6 is 11.8 Å². The summed E-state index contributed by atoms with van der Waals surface area (Å²) in [4.78, 5) is 15.2. The number of nitrogens with zero attached hydrogens (tertiary/aromatic N) is 1. The zero-order valence-electron chi connectivity index (χ0n) is 9.22. The highest BCUT2D eigenvalue weighted by Gasteiger charge is 2.03. The third-order valence-electron chi connectivity index (χ3n) is 1.85. The molecule has 1 rings (SSSR count). The molecule has 2 N–H and O–H groups in total. The van der Waals surface area contributed by atoms with Crippen molar-refractivity contribution in [3.63, 3.8) is 0 Å². The smallest absolute Gasteiger partial charge is 0.230 e. The summed E-state index contributed by atoms with van der Waals surface area (Å²) in [6.07, 6.45) is 2.99. The molecule has 0 aromatic carbocycles. The molecule has 1 aromatic rings. The van der Waals surface area contributed by atoms with Crippen LogP contribution in [0.5, 0.6) is 0 Å². The van der Waals surface area contributed by atoms with E-state index < -0.39 is 6.10 Å². The van der Waals surface area contributed by atoms with E-state index in [4.69, 9.17) is 5.11 Å². The number of rotatable bonds is 6.